The minimum Gasteiger partial charge on any atom is -0.262 e. The minimum atomic E-state index is 0.644. The molecule has 0 saturated heterocycles. The lowest BCUT2D eigenvalue weighted by Crippen LogP contribution is -1.80. The van der Waals surface area contributed by atoms with Crippen molar-refractivity contribution in [3.05, 3.63) is 35.6 Å². The van der Waals surface area contributed by atoms with Gasteiger partial charge in [0.1, 0.15) is 0 Å². The summed E-state index contributed by atoms with van der Waals surface area (Å²) in [5.41, 5.74) is 2.34. The highest BCUT2D eigenvalue weighted by molar-refractivity contribution is 5.79. The van der Waals surface area contributed by atoms with Gasteiger partial charge < -0.3 is 0 Å². The van der Waals surface area contributed by atoms with Gasteiger partial charge in [0.15, 0.2) is 0 Å². The molecule has 0 fully saturated rings. The molecule has 0 aromatic rings. The molecule has 13 heavy (non-hydrogen) atoms. The van der Waals surface area contributed by atoms with E-state index in [1.807, 2.05) is 20.8 Å². The van der Waals surface area contributed by atoms with Crippen LogP contribution in [-0.4, -0.2) is 6.21 Å². The van der Waals surface area contributed by atoms with E-state index in [2.05, 4.69) is 17.6 Å². The second-order valence-corrected chi connectivity index (χ2v) is 2.74. The number of hydrogen-bond acceptors (Lipinski definition) is 2. The SMILES string of the molecule is C=C(C)N=C/C(C)=C/C(C#N)=C/C. The van der Waals surface area contributed by atoms with Crippen molar-refractivity contribution in [2.75, 3.05) is 0 Å². The van der Waals surface area contributed by atoms with Gasteiger partial charge in [-0.2, -0.15) is 5.26 Å². The Balaban J connectivity index is 4.52. The van der Waals surface area contributed by atoms with Crippen LogP contribution in [0.25, 0.3) is 0 Å². The first-order valence-electron chi connectivity index (χ1n) is 4.04. The van der Waals surface area contributed by atoms with Gasteiger partial charge in [0.05, 0.1) is 6.07 Å². The molecule has 0 rings (SSSR count). The van der Waals surface area contributed by atoms with Crippen LogP contribution in [-0.2, 0) is 0 Å². The van der Waals surface area contributed by atoms with Gasteiger partial charge in [-0.05, 0) is 32.4 Å². The van der Waals surface area contributed by atoms with E-state index in [0.29, 0.717) is 5.57 Å². The van der Waals surface area contributed by atoms with Crippen LogP contribution in [0.1, 0.15) is 20.8 Å². The van der Waals surface area contributed by atoms with Gasteiger partial charge in [0.25, 0.3) is 0 Å². The number of aliphatic imine (C=N–C) groups is 1. The van der Waals surface area contributed by atoms with Gasteiger partial charge in [-0.15, -0.1) is 0 Å². The third kappa shape index (κ3) is 5.63. The maximum atomic E-state index is 8.63. The Kier molecular flexibility index (Phi) is 5.22. The summed E-state index contributed by atoms with van der Waals surface area (Å²) >= 11 is 0. The smallest absolute Gasteiger partial charge is 0.0988 e. The highest BCUT2D eigenvalue weighted by Crippen LogP contribution is 2.00. The zero-order chi connectivity index (χ0) is 10.3. The maximum absolute atomic E-state index is 8.63. The Morgan fingerprint density at radius 2 is 2.08 bits per heavy atom. The van der Waals surface area contributed by atoms with E-state index in [4.69, 9.17) is 5.26 Å². The molecule has 0 N–H and O–H groups in total. The summed E-state index contributed by atoms with van der Waals surface area (Å²) in [5.74, 6) is 0. The second kappa shape index (κ2) is 5.96. The molecule has 0 radical (unpaired) electrons. The summed E-state index contributed by atoms with van der Waals surface area (Å²) in [5, 5.41) is 8.63. The molecule has 0 aliphatic carbocycles. The third-order valence-corrected chi connectivity index (χ3v) is 1.31. The van der Waals surface area contributed by atoms with Crippen LogP contribution in [0, 0.1) is 11.3 Å². The molecule has 0 saturated carbocycles. The van der Waals surface area contributed by atoms with Crippen molar-refractivity contribution in [1.29, 1.82) is 5.26 Å². The van der Waals surface area contributed by atoms with Crippen LogP contribution in [0.4, 0.5) is 0 Å². The molecule has 0 aliphatic rings. The number of rotatable bonds is 3. The molecule has 0 unspecified atom stereocenters. The maximum Gasteiger partial charge on any atom is 0.0988 e. The summed E-state index contributed by atoms with van der Waals surface area (Å²) in [6.07, 6.45) is 5.24. The predicted molar refractivity (Wildman–Crippen MR) is 56.4 cm³/mol. The Morgan fingerprint density at radius 1 is 1.46 bits per heavy atom. The van der Waals surface area contributed by atoms with E-state index in [0.717, 1.165) is 11.3 Å². The van der Waals surface area contributed by atoms with Crippen LogP contribution in [0.15, 0.2) is 40.6 Å². The van der Waals surface area contributed by atoms with Gasteiger partial charge in [-0.3, -0.25) is 4.99 Å². The summed E-state index contributed by atoms with van der Waals surface area (Å²) < 4.78 is 0. The molecular weight excluding hydrogens is 160 g/mol. The molecule has 68 valence electrons. The first kappa shape index (κ1) is 11.4. The molecule has 0 amide bonds. The Labute approximate surface area is 79.6 Å². The topological polar surface area (TPSA) is 36.1 Å². The molecule has 0 aromatic carbocycles. The first-order valence-corrected chi connectivity index (χ1v) is 4.04. The van der Waals surface area contributed by atoms with Crippen molar-refractivity contribution in [3.63, 3.8) is 0 Å². The molecule has 0 heterocycles. The Hall–Kier alpha value is -1.62. The molecular formula is C11H14N2. The molecule has 0 atom stereocenters. The third-order valence-electron chi connectivity index (χ3n) is 1.31. The van der Waals surface area contributed by atoms with Crippen molar-refractivity contribution in [2.45, 2.75) is 20.8 Å². The van der Waals surface area contributed by atoms with Crippen LogP contribution in [0.2, 0.25) is 0 Å². The van der Waals surface area contributed by atoms with Gasteiger partial charge in [-0.1, -0.05) is 12.7 Å². The lowest BCUT2D eigenvalue weighted by atomic mass is 10.2. The van der Waals surface area contributed by atoms with E-state index >= 15 is 0 Å². The van der Waals surface area contributed by atoms with E-state index in [9.17, 15) is 0 Å². The van der Waals surface area contributed by atoms with E-state index in [-0.39, 0.29) is 0 Å². The van der Waals surface area contributed by atoms with Crippen LogP contribution < -0.4 is 0 Å². The summed E-state index contributed by atoms with van der Waals surface area (Å²) in [7, 11) is 0. The van der Waals surface area contributed by atoms with E-state index in [1.165, 1.54) is 0 Å². The normalized spacial score (nSPS) is 13.1. The van der Waals surface area contributed by atoms with Gasteiger partial charge in [0.2, 0.25) is 0 Å². The zero-order valence-electron chi connectivity index (χ0n) is 8.33. The fourth-order valence-electron chi connectivity index (χ4n) is 0.675. The molecule has 0 aromatic heterocycles. The van der Waals surface area contributed by atoms with Crippen molar-refractivity contribution in [1.82, 2.24) is 0 Å². The summed E-state index contributed by atoms with van der Waals surface area (Å²) in [6.45, 7) is 9.19. The van der Waals surface area contributed by atoms with Gasteiger partial charge in [-0.25, -0.2) is 0 Å². The first-order chi connectivity index (χ1) is 6.10. The number of nitriles is 1. The fourth-order valence-corrected chi connectivity index (χ4v) is 0.675. The molecule has 2 heteroatoms. The zero-order valence-corrected chi connectivity index (χ0v) is 8.33. The van der Waals surface area contributed by atoms with Crippen molar-refractivity contribution in [3.8, 4) is 6.07 Å². The largest absolute Gasteiger partial charge is 0.262 e. The van der Waals surface area contributed by atoms with Crippen LogP contribution in [0.5, 0.6) is 0 Å². The minimum absolute atomic E-state index is 0.644. The van der Waals surface area contributed by atoms with Gasteiger partial charge >= 0.3 is 0 Å². The highest BCUT2D eigenvalue weighted by atomic mass is 14.7. The summed E-state index contributed by atoms with van der Waals surface area (Å²) in [6, 6.07) is 2.07. The van der Waals surface area contributed by atoms with Crippen molar-refractivity contribution in [2.24, 2.45) is 4.99 Å². The van der Waals surface area contributed by atoms with Crippen LogP contribution >= 0.6 is 0 Å². The lowest BCUT2D eigenvalue weighted by molar-refractivity contribution is 1.33. The predicted octanol–water partition coefficient (Wildman–Crippen LogP) is 3.01. The molecule has 2 nitrogen and oxygen atoms in total. The average molecular weight is 174 g/mol. The lowest BCUT2D eigenvalue weighted by Gasteiger charge is -1.91. The number of nitrogens with zero attached hydrogens (tertiary/aromatic N) is 2. The highest BCUT2D eigenvalue weighted by Gasteiger charge is 1.88. The van der Waals surface area contributed by atoms with Crippen LogP contribution in [0.3, 0.4) is 0 Å². The van der Waals surface area contributed by atoms with Crippen molar-refractivity contribution >= 4 is 6.21 Å². The molecule has 0 spiro atoms. The van der Waals surface area contributed by atoms with Gasteiger partial charge in [0, 0.05) is 17.5 Å². The second-order valence-electron chi connectivity index (χ2n) is 2.74. The fraction of sp³-hybridized carbons (Fsp3) is 0.273. The molecule has 0 aliphatic heterocycles. The average Bonchev–Trinajstić information content (AvgIpc) is 2.10. The monoisotopic (exact) mass is 174 g/mol. The standard InChI is InChI=1S/C11H14N2/c1-5-11(7-12)6-10(4)8-13-9(2)3/h5-6,8H,2H2,1,3-4H3/b10-6+,11-5-,13-8?. The number of allylic oxidation sites excluding steroid dienone is 5. The Bertz CT molecular complexity index is 311. The Morgan fingerprint density at radius 3 is 2.46 bits per heavy atom. The van der Waals surface area contributed by atoms with E-state index < -0.39 is 0 Å². The van der Waals surface area contributed by atoms with E-state index in [1.54, 1.807) is 18.4 Å². The quantitative estimate of drug-likeness (QED) is 0.368. The van der Waals surface area contributed by atoms with Crippen molar-refractivity contribution < 1.29 is 0 Å². The summed E-state index contributed by atoms with van der Waals surface area (Å²) in [4.78, 5) is 4.02. The number of hydrogen-bond donors (Lipinski definition) is 0. The molecule has 0 bridgehead atoms.